The van der Waals surface area contributed by atoms with Crippen molar-refractivity contribution in [3.8, 4) is 0 Å². The Morgan fingerprint density at radius 2 is 1.87 bits per heavy atom. The van der Waals surface area contributed by atoms with E-state index >= 15 is 0 Å². The highest BCUT2D eigenvalue weighted by molar-refractivity contribution is 7.89. The van der Waals surface area contributed by atoms with E-state index in [9.17, 15) is 13.2 Å². The van der Waals surface area contributed by atoms with Gasteiger partial charge in [0.15, 0.2) is 0 Å². The topological polar surface area (TPSA) is 70.1 Å². The van der Waals surface area contributed by atoms with E-state index in [1.165, 1.54) is 12.4 Å². The predicted octanol–water partition coefficient (Wildman–Crippen LogP) is 2.14. The lowest BCUT2D eigenvalue weighted by Crippen LogP contribution is -2.51. The standard InChI is InChI=1S/C16H21N3O3S/c1-12-6-5-7-13(2)19(12)16(20)10-18-11-17-14-8-3-4-9-15(14)23(18,21)22/h3-4,8-9,11-13H,5-7,10H2,1-2H3/t12-,13+. The van der Waals surface area contributed by atoms with Gasteiger partial charge in [-0.1, -0.05) is 12.1 Å². The number of sulfonamides is 1. The summed E-state index contributed by atoms with van der Waals surface area (Å²) in [5, 5.41) is 0. The quantitative estimate of drug-likeness (QED) is 0.831. The van der Waals surface area contributed by atoms with Crippen LogP contribution < -0.4 is 0 Å². The van der Waals surface area contributed by atoms with Crippen LogP contribution in [0.5, 0.6) is 0 Å². The van der Waals surface area contributed by atoms with Crippen LogP contribution in [0.3, 0.4) is 0 Å². The van der Waals surface area contributed by atoms with Crippen LogP contribution in [0.25, 0.3) is 0 Å². The lowest BCUT2D eigenvalue weighted by molar-refractivity contribution is -0.136. The Labute approximate surface area is 136 Å². The number of benzene rings is 1. The number of rotatable bonds is 2. The molecule has 6 nitrogen and oxygen atoms in total. The van der Waals surface area contributed by atoms with Crippen LogP contribution in [0.15, 0.2) is 34.2 Å². The molecule has 2 heterocycles. The molecule has 0 N–H and O–H groups in total. The summed E-state index contributed by atoms with van der Waals surface area (Å²) in [6, 6.07) is 6.85. The van der Waals surface area contributed by atoms with E-state index in [4.69, 9.17) is 0 Å². The monoisotopic (exact) mass is 335 g/mol. The molecule has 0 bridgehead atoms. The molecule has 1 amide bonds. The maximum atomic E-state index is 12.6. The van der Waals surface area contributed by atoms with Crippen LogP contribution in [0.1, 0.15) is 33.1 Å². The molecule has 1 aromatic carbocycles. The summed E-state index contributed by atoms with van der Waals surface area (Å²) >= 11 is 0. The zero-order valence-electron chi connectivity index (χ0n) is 13.3. The van der Waals surface area contributed by atoms with Crippen molar-refractivity contribution in [2.75, 3.05) is 6.54 Å². The van der Waals surface area contributed by atoms with E-state index in [-0.39, 0.29) is 29.4 Å². The van der Waals surface area contributed by atoms with Gasteiger partial charge in [0.1, 0.15) is 17.8 Å². The van der Waals surface area contributed by atoms with E-state index in [2.05, 4.69) is 4.99 Å². The average molecular weight is 335 g/mol. The fourth-order valence-corrected chi connectivity index (χ4v) is 4.69. The molecular formula is C16H21N3O3S. The number of piperidine rings is 1. The molecule has 0 spiro atoms. The number of hydrogen-bond acceptors (Lipinski definition) is 4. The molecule has 1 saturated heterocycles. The molecule has 0 saturated carbocycles. The van der Waals surface area contributed by atoms with E-state index in [1.807, 2.05) is 18.7 Å². The van der Waals surface area contributed by atoms with Gasteiger partial charge in [0.05, 0.1) is 5.69 Å². The maximum absolute atomic E-state index is 12.6. The van der Waals surface area contributed by atoms with Crippen molar-refractivity contribution in [3.05, 3.63) is 24.3 Å². The summed E-state index contributed by atoms with van der Waals surface area (Å²) in [5.74, 6) is -0.167. The van der Waals surface area contributed by atoms with Gasteiger partial charge in [-0.25, -0.2) is 17.7 Å². The first-order valence-corrected chi connectivity index (χ1v) is 9.31. The minimum absolute atomic E-state index is 0.142. The zero-order chi connectivity index (χ0) is 16.6. The number of carbonyl (C=O) groups is 1. The van der Waals surface area contributed by atoms with Crippen LogP contribution in [0.2, 0.25) is 0 Å². The minimum atomic E-state index is -3.72. The number of nitrogens with zero attached hydrogens (tertiary/aromatic N) is 3. The van der Waals surface area contributed by atoms with Gasteiger partial charge in [0, 0.05) is 12.1 Å². The molecule has 2 aliphatic heterocycles. The fourth-order valence-electron chi connectivity index (χ4n) is 3.35. The van der Waals surface area contributed by atoms with Crippen LogP contribution in [-0.4, -0.2) is 48.5 Å². The van der Waals surface area contributed by atoms with Crippen molar-refractivity contribution in [2.45, 2.75) is 50.1 Å². The molecule has 1 fully saturated rings. The first kappa shape index (κ1) is 16.0. The second-order valence-corrected chi connectivity index (χ2v) is 8.05. The Morgan fingerprint density at radius 1 is 1.22 bits per heavy atom. The number of carbonyl (C=O) groups excluding carboxylic acids is 1. The van der Waals surface area contributed by atoms with Gasteiger partial charge in [-0.3, -0.25) is 4.79 Å². The zero-order valence-corrected chi connectivity index (χ0v) is 14.2. The Bertz CT molecular complexity index is 735. The van der Waals surface area contributed by atoms with Gasteiger partial charge >= 0.3 is 0 Å². The van der Waals surface area contributed by atoms with E-state index in [0.29, 0.717) is 5.69 Å². The summed E-state index contributed by atoms with van der Waals surface area (Å²) in [6.07, 6.45) is 4.26. The third-order valence-electron chi connectivity index (χ3n) is 4.55. The maximum Gasteiger partial charge on any atom is 0.267 e. The number of amides is 1. The van der Waals surface area contributed by atoms with Crippen molar-refractivity contribution in [1.82, 2.24) is 9.21 Å². The molecule has 0 unspecified atom stereocenters. The van der Waals surface area contributed by atoms with Crippen molar-refractivity contribution >= 4 is 28.0 Å². The molecule has 7 heteroatoms. The third kappa shape index (κ3) is 2.85. The van der Waals surface area contributed by atoms with Crippen LogP contribution in [0, 0.1) is 0 Å². The van der Waals surface area contributed by atoms with Gasteiger partial charge in [-0.15, -0.1) is 0 Å². The van der Waals surface area contributed by atoms with Crippen LogP contribution in [0.4, 0.5) is 5.69 Å². The first-order valence-electron chi connectivity index (χ1n) is 7.87. The lowest BCUT2D eigenvalue weighted by atomic mass is 9.97. The molecule has 1 aromatic rings. The van der Waals surface area contributed by atoms with Crippen LogP contribution in [-0.2, 0) is 14.8 Å². The highest BCUT2D eigenvalue weighted by atomic mass is 32.2. The number of fused-ring (bicyclic) bond motifs is 1. The van der Waals surface area contributed by atoms with Gasteiger partial charge in [0.25, 0.3) is 10.0 Å². The van der Waals surface area contributed by atoms with Gasteiger partial charge in [0.2, 0.25) is 5.91 Å². The molecular weight excluding hydrogens is 314 g/mol. The Morgan fingerprint density at radius 3 is 2.57 bits per heavy atom. The molecule has 2 atom stereocenters. The number of likely N-dealkylation sites (tertiary alicyclic amines) is 1. The Kier molecular flexibility index (Phi) is 4.14. The SMILES string of the molecule is C[C@@H]1CCC[C@H](C)N1C(=O)CN1C=Nc2ccccc2S1(=O)=O. The van der Waals surface area contributed by atoms with Gasteiger partial charge in [-0.2, -0.15) is 0 Å². The third-order valence-corrected chi connectivity index (χ3v) is 6.29. The second-order valence-electron chi connectivity index (χ2n) is 6.19. The fraction of sp³-hybridized carbons (Fsp3) is 0.500. The average Bonchev–Trinajstić information content (AvgIpc) is 2.50. The summed E-state index contributed by atoms with van der Waals surface area (Å²) in [5.41, 5.74) is 0.413. The highest BCUT2D eigenvalue weighted by Gasteiger charge is 2.34. The largest absolute Gasteiger partial charge is 0.336 e. The Hall–Kier alpha value is -1.89. The van der Waals surface area contributed by atoms with E-state index in [0.717, 1.165) is 23.6 Å². The van der Waals surface area contributed by atoms with Crippen molar-refractivity contribution in [1.29, 1.82) is 0 Å². The molecule has 0 aliphatic carbocycles. The predicted molar refractivity (Wildman–Crippen MR) is 88.1 cm³/mol. The van der Waals surface area contributed by atoms with E-state index in [1.54, 1.807) is 18.2 Å². The number of aliphatic imine (C=N–C) groups is 1. The van der Waals surface area contributed by atoms with E-state index < -0.39 is 10.0 Å². The van der Waals surface area contributed by atoms with Crippen molar-refractivity contribution in [3.63, 3.8) is 0 Å². The molecule has 3 rings (SSSR count). The molecule has 0 radical (unpaired) electrons. The number of para-hydroxylation sites is 1. The molecule has 124 valence electrons. The lowest BCUT2D eigenvalue weighted by Gasteiger charge is -2.40. The molecule has 2 aliphatic rings. The first-order chi connectivity index (χ1) is 10.9. The summed E-state index contributed by atoms with van der Waals surface area (Å²) in [4.78, 5) is 18.8. The smallest absolute Gasteiger partial charge is 0.267 e. The van der Waals surface area contributed by atoms with Crippen molar-refractivity contribution < 1.29 is 13.2 Å². The summed E-state index contributed by atoms with van der Waals surface area (Å²) < 4.78 is 26.3. The Balaban J connectivity index is 1.83. The van der Waals surface area contributed by atoms with Crippen molar-refractivity contribution in [2.24, 2.45) is 4.99 Å². The summed E-state index contributed by atoms with van der Waals surface area (Å²) in [7, 11) is -3.72. The minimum Gasteiger partial charge on any atom is -0.336 e. The van der Waals surface area contributed by atoms with Gasteiger partial charge < -0.3 is 4.90 Å². The summed E-state index contributed by atoms with van der Waals surface area (Å²) in [6.45, 7) is 3.83. The number of hydrogen-bond donors (Lipinski definition) is 0. The van der Waals surface area contributed by atoms with Crippen LogP contribution >= 0.6 is 0 Å². The van der Waals surface area contributed by atoms with Gasteiger partial charge in [-0.05, 0) is 45.2 Å². The normalized spacial score (nSPS) is 26.0. The molecule has 23 heavy (non-hydrogen) atoms. The second kappa shape index (κ2) is 5.96. The molecule has 0 aromatic heterocycles. The highest BCUT2D eigenvalue weighted by Crippen LogP contribution is 2.30.